The molecule has 0 aliphatic heterocycles. The van der Waals surface area contributed by atoms with Crippen LogP contribution < -0.4 is 5.32 Å². The topological polar surface area (TPSA) is 101 Å². The van der Waals surface area contributed by atoms with Gasteiger partial charge in [-0.2, -0.15) is 0 Å². The molecule has 6 nitrogen and oxygen atoms in total. The maximum Gasteiger partial charge on any atom is 0.306 e. The second kappa shape index (κ2) is 5.85. The highest BCUT2D eigenvalue weighted by Gasteiger charge is 2.31. The first-order valence-corrected chi connectivity index (χ1v) is 8.51. The van der Waals surface area contributed by atoms with E-state index < -0.39 is 27.6 Å². The lowest BCUT2D eigenvalue weighted by atomic mass is 10.1. The van der Waals surface area contributed by atoms with Crippen LogP contribution in [0.25, 0.3) is 0 Å². The minimum absolute atomic E-state index is 0.0183. The summed E-state index contributed by atoms with van der Waals surface area (Å²) in [5.74, 6) is -1.78. The van der Waals surface area contributed by atoms with Crippen LogP contribution in [0.1, 0.15) is 29.6 Å². The number of hydrogen-bond donors (Lipinski definition) is 2. The molecule has 1 fully saturated rings. The van der Waals surface area contributed by atoms with Crippen molar-refractivity contribution in [2.45, 2.75) is 30.2 Å². The van der Waals surface area contributed by atoms with Crippen molar-refractivity contribution in [2.75, 3.05) is 6.26 Å². The monoisotopic (exact) mass is 311 g/mol. The van der Waals surface area contributed by atoms with Crippen molar-refractivity contribution in [1.29, 1.82) is 0 Å². The summed E-state index contributed by atoms with van der Waals surface area (Å²) in [6, 6.07) is 5.77. The zero-order chi connectivity index (χ0) is 15.6. The number of carbonyl (C=O) groups excluding carboxylic acids is 1. The third kappa shape index (κ3) is 3.60. The van der Waals surface area contributed by atoms with E-state index in [1.807, 2.05) is 0 Å². The largest absolute Gasteiger partial charge is 0.481 e. The predicted octanol–water partition coefficient (Wildman–Crippen LogP) is 1.07. The fourth-order valence-electron chi connectivity index (χ4n) is 2.58. The minimum atomic E-state index is -3.49. The van der Waals surface area contributed by atoms with Gasteiger partial charge in [0.25, 0.3) is 5.91 Å². The SMILES string of the molecule is CS(=O)(=O)c1ccccc1C(=O)N[C@H]1CC[C@@H](C(=O)O)C1. The Kier molecular flexibility index (Phi) is 4.32. The van der Waals surface area contributed by atoms with E-state index in [1.165, 1.54) is 12.1 Å². The Labute approximate surface area is 123 Å². The maximum absolute atomic E-state index is 12.2. The molecule has 0 aromatic heterocycles. The summed E-state index contributed by atoms with van der Waals surface area (Å²) in [5, 5.41) is 11.7. The van der Waals surface area contributed by atoms with Crippen LogP contribution in [-0.4, -0.2) is 37.7 Å². The molecule has 1 aromatic rings. The molecule has 0 radical (unpaired) electrons. The molecule has 2 rings (SSSR count). The molecule has 2 atom stereocenters. The van der Waals surface area contributed by atoms with Gasteiger partial charge in [0.1, 0.15) is 0 Å². The second-order valence-electron chi connectivity index (χ2n) is 5.29. The summed E-state index contributed by atoms with van der Waals surface area (Å²) in [7, 11) is -3.49. The third-order valence-corrected chi connectivity index (χ3v) is 4.80. The number of nitrogens with one attached hydrogen (secondary N) is 1. The zero-order valence-corrected chi connectivity index (χ0v) is 12.4. The van der Waals surface area contributed by atoms with Crippen LogP contribution in [0.4, 0.5) is 0 Å². The Hall–Kier alpha value is -1.89. The third-order valence-electron chi connectivity index (χ3n) is 3.65. The molecule has 2 N–H and O–H groups in total. The number of carboxylic acid groups (broad SMARTS) is 1. The summed E-state index contributed by atoms with van der Waals surface area (Å²) < 4.78 is 23.4. The minimum Gasteiger partial charge on any atom is -0.481 e. The molecular formula is C14H17NO5S. The van der Waals surface area contributed by atoms with E-state index in [4.69, 9.17) is 5.11 Å². The Balaban J connectivity index is 2.14. The molecule has 0 unspecified atom stereocenters. The number of amides is 1. The van der Waals surface area contributed by atoms with E-state index in [0.29, 0.717) is 19.3 Å². The van der Waals surface area contributed by atoms with E-state index in [9.17, 15) is 18.0 Å². The average molecular weight is 311 g/mol. The first-order valence-electron chi connectivity index (χ1n) is 6.62. The second-order valence-corrected chi connectivity index (χ2v) is 7.27. The van der Waals surface area contributed by atoms with E-state index >= 15 is 0 Å². The highest BCUT2D eigenvalue weighted by Crippen LogP contribution is 2.26. The van der Waals surface area contributed by atoms with Gasteiger partial charge in [0.2, 0.25) is 0 Å². The maximum atomic E-state index is 12.2. The molecule has 1 amide bonds. The fraction of sp³-hybridized carbons (Fsp3) is 0.429. The van der Waals surface area contributed by atoms with Gasteiger partial charge in [-0.1, -0.05) is 12.1 Å². The fourth-order valence-corrected chi connectivity index (χ4v) is 3.46. The van der Waals surface area contributed by atoms with E-state index in [2.05, 4.69) is 5.32 Å². The number of aliphatic carboxylic acids is 1. The Morgan fingerprint density at radius 3 is 2.48 bits per heavy atom. The smallest absolute Gasteiger partial charge is 0.306 e. The molecule has 114 valence electrons. The Morgan fingerprint density at radius 1 is 1.24 bits per heavy atom. The van der Waals surface area contributed by atoms with Crippen LogP contribution in [0.3, 0.4) is 0 Å². The van der Waals surface area contributed by atoms with Crippen LogP contribution in [0.5, 0.6) is 0 Å². The van der Waals surface area contributed by atoms with Crippen molar-refractivity contribution in [2.24, 2.45) is 5.92 Å². The molecule has 0 spiro atoms. The quantitative estimate of drug-likeness (QED) is 0.866. The van der Waals surface area contributed by atoms with Gasteiger partial charge in [-0.15, -0.1) is 0 Å². The van der Waals surface area contributed by atoms with Gasteiger partial charge in [-0.25, -0.2) is 8.42 Å². The zero-order valence-electron chi connectivity index (χ0n) is 11.6. The highest BCUT2D eigenvalue weighted by atomic mass is 32.2. The Morgan fingerprint density at radius 2 is 1.90 bits per heavy atom. The standard InChI is InChI=1S/C14H17NO5S/c1-21(19,20)12-5-3-2-4-11(12)13(16)15-10-7-6-9(8-10)14(17)18/h2-5,9-10H,6-8H2,1H3,(H,15,16)(H,17,18)/t9-,10+/m1/s1. The number of carbonyl (C=O) groups is 2. The lowest BCUT2D eigenvalue weighted by Gasteiger charge is -2.14. The number of rotatable bonds is 4. The van der Waals surface area contributed by atoms with Gasteiger partial charge < -0.3 is 10.4 Å². The normalized spacial score (nSPS) is 22.0. The summed E-state index contributed by atoms with van der Waals surface area (Å²) >= 11 is 0. The van der Waals surface area contributed by atoms with Crippen molar-refractivity contribution >= 4 is 21.7 Å². The summed E-state index contributed by atoms with van der Waals surface area (Å²) in [6.07, 6.45) is 2.54. The van der Waals surface area contributed by atoms with Crippen LogP contribution in [0.15, 0.2) is 29.2 Å². The van der Waals surface area contributed by atoms with Gasteiger partial charge in [0.05, 0.1) is 16.4 Å². The van der Waals surface area contributed by atoms with Gasteiger partial charge in [-0.05, 0) is 31.4 Å². The summed E-state index contributed by atoms with van der Waals surface area (Å²) in [6.45, 7) is 0. The lowest BCUT2D eigenvalue weighted by molar-refractivity contribution is -0.141. The highest BCUT2D eigenvalue weighted by molar-refractivity contribution is 7.90. The van der Waals surface area contributed by atoms with Gasteiger partial charge >= 0.3 is 5.97 Å². The molecule has 1 saturated carbocycles. The predicted molar refractivity (Wildman–Crippen MR) is 75.8 cm³/mol. The molecule has 0 heterocycles. The van der Waals surface area contributed by atoms with Gasteiger partial charge in [-0.3, -0.25) is 9.59 Å². The van der Waals surface area contributed by atoms with Crippen molar-refractivity contribution in [3.63, 3.8) is 0 Å². The van der Waals surface area contributed by atoms with Crippen LogP contribution >= 0.6 is 0 Å². The molecule has 0 bridgehead atoms. The van der Waals surface area contributed by atoms with E-state index in [0.717, 1.165) is 6.26 Å². The van der Waals surface area contributed by atoms with Crippen LogP contribution in [-0.2, 0) is 14.6 Å². The Bertz CT molecular complexity index is 668. The van der Waals surface area contributed by atoms with Crippen molar-refractivity contribution < 1.29 is 23.1 Å². The van der Waals surface area contributed by atoms with Crippen molar-refractivity contribution in [1.82, 2.24) is 5.32 Å². The van der Waals surface area contributed by atoms with Crippen LogP contribution in [0, 0.1) is 5.92 Å². The first kappa shape index (κ1) is 15.5. The molecule has 0 saturated heterocycles. The molecule has 1 aliphatic rings. The molecule has 7 heteroatoms. The molecular weight excluding hydrogens is 294 g/mol. The van der Waals surface area contributed by atoms with Gasteiger partial charge in [0.15, 0.2) is 9.84 Å². The number of sulfone groups is 1. The number of benzene rings is 1. The molecule has 21 heavy (non-hydrogen) atoms. The van der Waals surface area contributed by atoms with Crippen LogP contribution in [0.2, 0.25) is 0 Å². The number of hydrogen-bond acceptors (Lipinski definition) is 4. The van der Waals surface area contributed by atoms with Gasteiger partial charge in [0, 0.05) is 12.3 Å². The lowest BCUT2D eigenvalue weighted by Crippen LogP contribution is -2.34. The first-order chi connectivity index (χ1) is 9.79. The van der Waals surface area contributed by atoms with E-state index in [-0.39, 0.29) is 16.5 Å². The van der Waals surface area contributed by atoms with E-state index in [1.54, 1.807) is 12.1 Å². The summed E-state index contributed by atoms with van der Waals surface area (Å²) in [5.41, 5.74) is 0.0961. The summed E-state index contributed by atoms with van der Waals surface area (Å²) in [4.78, 5) is 23.1. The molecule has 1 aromatic carbocycles. The van der Waals surface area contributed by atoms with Crippen molar-refractivity contribution in [3.8, 4) is 0 Å². The number of carboxylic acids is 1. The average Bonchev–Trinajstić information content (AvgIpc) is 2.86. The van der Waals surface area contributed by atoms with Crippen molar-refractivity contribution in [3.05, 3.63) is 29.8 Å². The molecule has 1 aliphatic carbocycles.